The fourth-order valence-corrected chi connectivity index (χ4v) is 6.95. The van der Waals surface area contributed by atoms with Crippen molar-refractivity contribution < 1.29 is 27.9 Å². The monoisotopic (exact) mass is 637 g/mol. The fraction of sp³-hybridized carbons (Fsp3) is 0.472. The molecule has 5 rings (SSSR count). The fourth-order valence-electron chi connectivity index (χ4n) is 6.95. The summed E-state index contributed by atoms with van der Waals surface area (Å²) in [6.45, 7) is 8.59. The number of rotatable bonds is 12. The van der Waals surface area contributed by atoms with Gasteiger partial charge in [0.1, 0.15) is 18.0 Å². The molecule has 3 aromatic rings. The molecule has 2 aliphatic rings. The summed E-state index contributed by atoms with van der Waals surface area (Å²) in [5.41, 5.74) is 5.69. The van der Waals surface area contributed by atoms with Crippen LogP contribution in [-0.4, -0.2) is 52.3 Å². The molecular weight excluding hydrogens is 595 g/mol. The van der Waals surface area contributed by atoms with Crippen molar-refractivity contribution in [1.82, 2.24) is 14.8 Å². The maximum absolute atomic E-state index is 15.0. The summed E-state index contributed by atoms with van der Waals surface area (Å²) in [5, 5.41) is 12.8. The van der Waals surface area contributed by atoms with Crippen molar-refractivity contribution in [2.75, 3.05) is 19.6 Å². The first-order valence-electron chi connectivity index (χ1n) is 16.0. The summed E-state index contributed by atoms with van der Waals surface area (Å²) in [4.78, 5) is 41.1. The largest absolute Gasteiger partial charge is 0.481 e. The number of carboxylic acid groups (broad SMARTS) is 1. The molecule has 0 unspecified atom stereocenters. The molecule has 1 fully saturated rings. The minimum absolute atomic E-state index is 0.0501. The lowest BCUT2D eigenvalue weighted by molar-refractivity contribution is -0.138. The Bertz CT molecular complexity index is 1670. The normalized spacial score (nSPS) is 16.3. The Hall–Kier alpha value is -3.92. The van der Waals surface area contributed by atoms with Gasteiger partial charge in [0, 0.05) is 25.8 Å². The lowest BCUT2D eigenvalue weighted by Gasteiger charge is -2.34. The van der Waals surface area contributed by atoms with E-state index in [-0.39, 0.29) is 18.2 Å². The van der Waals surface area contributed by atoms with Crippen LogP contribution in [0.1, 0.15) is 78.6 Å². The van der Waals surface area contributed by atoms with Crippen LogP contribution >= 0.6 is 0 Å². The average molecular weight is 638 g/mol. The molecule has 1 amide bonds. The lowest BCUT2D eigenvalue weighted by Crippen LogP contribution is -2.49. The Morgan fingerprint density at radius 2 is 1.74 bits per heavy atom. The van der Waals surface area contributed by atoms with Crippen LogP contribution in [0.3, 0.4) is 0 Å². The van der Waals surface area contributed by atoms with Gasteiger partial charge >= 0.3 is 5.97 Å². The highest BCUT2D eigenvalue weighted by Crippen LogP contribution is 2.39. The molecule has 2 N–H and O–H groups in total. The molecule has 0 bridgehead atoms. The number of aliphatic carboxylic acids is 1. The van der Waals surface area contributed by atoms with Crippen molar-refractivity contribution in [2.45, 2.75) is 84.5 Å². The Labute approximate surface area is 267 Å². The van der Waals surface area contributed by atoms with E-state index < -0.39 is 47.9 Å². The highest BCUT2D eigenvalue weighted by Gasteiger charge is 2.30. The van der Waals surface area contributed by atoms with E-state index in [0.29, 0.717) is 37.2 Å². The van der Waals surface area contributed by atoms with Crippen LogP contribution in [0.5, 0.6) is 0 Å². The highest BCUT2D eigenvalue weighted by atomic mass is 19.1. The van der Waals surface area contributed by atoms with Crippen LogP contribution < -0.4 is 10.9 Å². The molecule has 10 heteroatoms. The number of carbonyl (C=O) groups is 2. The molecule has 1 aromatic heterocycles. The third-order valence-electron chi connectivity index (χ3n) is 9.12. The lowest BCUT2D eigenvalue weighted by atomic mass is 9.87. The number of carbonyl (C=O) groups excluding carboxylic acids is 1. The van der Waals surface area contributed by atoms with Gasteiger partial charge in [0.15, 0.2) is 5.82 Å². The molecule has 0 radical (unpaired) electrons. The van der Waals surface area contributed by atoms with Crippen LogP contribution in [0.15, 0.2) is 41.3 Å². The second-order valence-corrected chi connectivity index (χ2v) is 13.3. The summed E-state index contributed by atoms with van der Waals surface area (Å²) < 4.78 is 43.6. The molecule has 2 aromatic carbocycles. The Balaban J connectivity index is 1.50. The Morgan fingerprint density at radius 3 is 2.37 bits per heavy atom. The van der Waals surface area contributed by atoms with Crippen molar-refractivity contribution in [3.8, 4) is 11.1 Å². The predicted molar refractivity (Wildman–Crippen MR) is 171 cm³/mol. The third-order valence-corrected chi connectivity index (χ3v) is 9.12. The van der Waals surface area contributed by atoms with Gasteiger partial charge in [0.05, 0.1) is 12.5 Å². The molecule has 246 valence electrons. The standard InChI is InChI=1S/C36H42F3N3O4/c1-20(2)10-32(42-17-23(13-30(39)36(42)46)8-9-41-18-27(38)19-41)35(45)40-31(16-33(43)44)25-14-24-6-5-7-28(24)29(15-25)34-21(3)11-26(37)12-22(34)4/h11-15,17,20,27,31-32H,5-10,16,18-19H2,1-4H3,(H,40,45)(H,43,44)/t31-,32-/m1/s1. The zero-order valence-electron chi connectivity index (χ0n) is 26.8. The van der Waals surface area contributed by atoms with Gasteiger partial charge < -0.3 is 15.0 Å². The van der Waals surface area contributed by atoms with Crippen LogP contribution in [0.4, 0.5) is 13.2 Å². The van der Waals surface area contributed by atoms with Gasteiger partial charge in [-0.2, -0.15) is 0 Å². The van der Waals surface area contributed by atoms with Gasteiger partial charge in [0.2, 0.25) is 5.91 Å². The first-order valence-corrected chi connectivity index (χ1v) is 16.0. The topological polar surface area (TPSA) is 91.6 Å². The first kappa shape index (κ1) is 33.4. The van der Waals surface area contributed by atoms with Crippen LogP contribution in [-0.2, 0) is 28.9 Å². The van der Waals surface area contributed by atoms with Crippen LogP contribution in [0.2, 0.25) is 0 Å². The molecule has 0 saturated carbocycles. The Morgan fingerprint density at radius 1 is 1.04 bits per heavy atom. The number of benzene rings is 2. The number of likely N-dealkylation sites (tertiary alicyclic amines) is 1. The molecule has 1 aliphatic carbocycles. The van der Waals surface area contributed by atoms with Crippen molar-refractivity contribution >= 4 is 11.9 Å². The number of nitrogens with zero attached hydrogens (tertiary/aromatic N) is 2. The van der Waals surface area contributed by atoms with Gasteiger partial charge in [-0.1, -0.05) is 19.9 Å². The number of aromatic nitrogens is 1. The summed E-state index contributed by atoms with van der Waals surface area (Å²) >= 11 is 0. The SMILES string of the molecule is Cc1cc(F)cc(C)c1-c1cc([C@@H](CC(=O)O)NC(=O)[C@@H](CC(C)C)n2cc(CCN3CC(F)C3)cc(F)c2=O)cc2c1CCC2. The second-order valence-electron chi connectivity index (χ2n) is 13.3. The van der Waals surface area contributed by atoms with Gasteiger partial charge in [-0.25, -0.2) is 13.2 Å². The summed E-state index contributed by atoms with van der Waals surface area (Å²) in [5.74, 6) is -3.07. The molecule has 2 atom stereocenters. The number of halogens is 3. The smallest absolute Gasteiger partial charge is 0.305 e. The summed E-state index contributed by atoms with van der Waals surface area (Å²) in [6, 6.07) is 5.94. The molecule has 0 spiro atoms. The number of hydrogen-bond donors (Lipinski definition) is 2. The molecule has 2 heterocycles. The zero-order valence-corrected chi connectivity index (χ0v) is 26.8. The number of alkyl halides is 1. The van der Waals surface area contributed by atoms with Gasteiger partial charge in [-0.3, -0.25) is 19.3 Å². The third kappa shape index (κ3) is 7.38. The number of pyridine rings is 1. The van der Waals surface area contributed by atoms with Gasteiger partial charge in [-0.05, 0) is 121 Å². The van der Waals surface area contributed by atoms with Gasteiger partial charge in [0.25, 0.3) is 5.56 Å². The zero-order chi connectivity index (χ0) is 33.3. The van der Waals surface area contributed by atoms with E-state index >= 15 is 0 Å². The van der Waals surface area contributed by atoms with E-state index in [9.17, 15) is 32.7 Å². The quantitative estimate of drug-likeness (QED) is 0.254. The van der Waals surface area contributed by atoms with Crippen molar-refractivity contribution in [2.24, 2.45) is 5.92 Å². The van der Waals surface area contributed by atoms with E-state index in [2.05, 4.69) is 5.32 Å². The number of nitrogens with one attached hydrogen (secondary N) is 1. The van der Waals surface area contributed by atoms with Crippen LogP contribution in [0.25, 0.3) is 11.1 Å². The highest BCUT2D eigenvalue weighted by molar-refractivity contribution is 5.82. The maximum Gasteiger partial charge on any atom is 0.305 e. The summed E-state index contributed by atoms with van der Waals surface area (Å²) in [6.07, 6.45) is 3.37. The van der Waals surface area contributed by atoms with Crippen LogP contribution in [0, 0.1) is 31.4 Å². The van der Waals surface area contributed by atoms with E-state index in [4.69, 9.17) is 0 Å². The maximum atomic E-state index is 15.0. The molecule has 1 aliphatic heterocycles. The van der Waals surface area contributed by atoms with E-state index in [0.717, 1.165) is 63.3 Å². The Kier molecular flexibility index (Phi) is 10.1. The minimum atomic E-state index is -1.12. The molecular formula is C36H42F3N3O4. The summed E-state index contributed by atoms with van der Waals surface area (Å²) in [7, 11) is 0. The first-order chi connectivity index (χ1) is 21.8. The molecule has 7 nitrogen and oxygen atoms in total. The number of amides is 1. The minimum Gasteiger partial charge on any atom is -0.481 e. The second kappa shape index (κ2) is 13.8. The number of carboxylic acids is 1. The number of aryl methyl sites for hydroxylation is 3. The predicted octanol–water partition coefficient (Wildman–Crippen LogP) is 6.01. The van der Waals surface area contributed by atoms with Crippen molar-refractivity contribution in [3.63, 3.8) is 0 Å². The molecule has 1 saturated heterocycles. The molecule has 46 heavy (non-hydrogen) atoms. The average Bonchev–Trinajstić information content (AvgIpc) is 3.43. The van der Waals surface area contributed by atoms with Crippen molar-refractivity contribution in [1.29, 1.82) is 0 Å². The number of hydrogen-bond acceptors (Lipinski definition) is 4. The number of fused-ring (bicyclic) bond motifs is 1. The van der Waals surface area contributed by atoms with Crippen molar-refractivity contribution in [3.05, 3.63) is 91.9 Å². The van der Waals surface area contributed by atoms with E-state index in [1.807, 2.05) is 44.7 Å². The van der Waals surface area contributed by atoms with E-state index in [1.54, 1.807) is 0 Å². The van der Waals surface area contributed by atoms with E-state index in [1.165, 1.54) is 18.3 Å². The van der Waals surface area contributed by atoms with Gasteiger partial charge in [-0.15, -0.1) is 0 Å².